The Morgan fingerprint density at radius 2 is 1.74 bits per heavy atom. The molecule has 0 N–H and O–H groups in total. The second kappa shape index (κ2) is 7.57. The fourth-order valence-electron chi connectivity index (χ4n) is 3.86. The van der Waals surface area contributed by atoms with Gasteiger partial charge in [-0.3, -0.25) is 4.79 Å². The number of hydrogen-bond donors (Lipinski definition) is 0. The number of benzene rings is 2. The number of carbonyl (C=O) groups excluding carboxylic acids is 1. The fourth-order valence-corrected chi connectivity index (χ4v) is 3.86. The van der Waals surface area contributed by atoms with Crippen molar-refractivity contribution in [2.24, 2.45) is 0 Å². The molecule has 0 saturated carbocycles. The van der Waals surface area contributed by atoms with E-state index in [0.29, 0.717) is 6.54 Å². The fraction of sp³-hybridized carbons (Fsp3) is 0.348. The molecule has 1 saturated heterocycles. The van der Waals surface area contributed by atoms with Crippen LogP contribution in [0.25, 0.3) is 11.6 Å². The summed E-state index contributed by atoms with van der Waals surface area (Å²) in [6.07, 6.45) is 2.26. The second-order valence-corrected chi connectivity index (χ2v) is 7.64. The van der Waals surface area contributed by atoms with Crippen molar-refractivity contribution in [1.29, 1.82) is 0 Å². The first-order valence-electron chi connectivity index (χ1n) is 9.68. The number of amides is 1. The maximum Gasteiger partial charge on any atom is 0.242 e. The van der Waals surface area contributed by atoms with Gasteiger partial charge in [0.05, 0.1) is 6.54 Å². The van der Waals surface area contributed by atoms with Crippen molar-refractivity contribution in [2.75, 3.05) is 51.2 Å². The Bertz CT molecular complexity index is 851. The Kier molecular flexibility index (Phi) is 4.99. The molecule has 4 rings (SSSR count). The van der Waals surface area contributed by atoms with E-state index < -0.39 is 0 Å². The molecule has 0 spiro atoms. The molecule has 0 aliphatic carbocycles. The molecule has 0 bridgehead atoms. The van der Waals surface area contributed by atoms with Gasteiger partial charge >= 0.3 is 0 Å². The number of carbonyl (C=O) groups is 1. The molecule has 140 valence electrons. The van der Waals surface area contributed by atoms with Crippen LogP contribution in [0, 0.1) is 6.92 Å². The van der Waals surface area contributed by atoms with Crippen LogP contribution in [0.4, 0.5) is 5.69 Å². The van der Waals surface area contributed by atoms with Gasteiger partial charge in [-0.05, 0) is 48.4 Å². The van der Waals surface area contributed by atoms with Crippen LogP contribution in [0.2, 0.25) is 0 Å². The lowest BCUT2D eigenvalue weighted by Gasteiger charge is -2.36. The normalized spacial score (nSPS) is 17.5. The molecule has 0 atom stereocenters. The number of aryl methyl sites for hydroxylation is 1. The minimum Gasteiger partial charge on any atom is -0.357 e. The Morgan fingerprint density at radius 1 is 1.00 bits per heavy atom. The molecule has 2 aromatic carbocycles. The summed E-state index contributed by atoms with van der Waals surface area (Å²) in [5.41, 5.74) is 6.07. The first-order valence-corrected chi connectivity index (χ1v) is 9.68. The van der Waals surface area contributed by atoms with Gasteiger partial charge in [0, 0.05) is 38.4 Å². The van der Waals surface area contributed by atoms with E-state index in [1.807, 2.05) is 11.0 Å². The average Bonchev–Trinajstić information content (AvgIpc) is 2.69. The molecule has 1 fully saturated rings. The topological polar surface area (TPSA) is 26.8 Å². The minimum absolute atomic E-state index is 0.227. The summed E-state index contributed by atoms with van der Waals surface area (Å²) in [6.45, 7) is 6.87. The Balaban J connectivity index is 1.59. The van der Waals surface area contributed by atoms with E-state index in [1.54, 1.807) is 0 Å². The molecule has 2 aromatic rings. The van der Waals surface area contributed by atoms with Crippen LogP contribution in [0.1, 0.15) is 16.7 Å². The highest BCUT2D eigenvalue weighted by Crippen LogP contribution is 2.33. The third kappa shape index (κ3) is 3.91. The Labute approximate surface area is 161 Å². The summed E-state index contributed by atoms with van der Waals surface area (Å²) in [5, 5.41) is 0. The number of nitrogens with zero attached hydrogens (tertiary/aromatic N) is 3. The quantitative estimate of drug-likeness (QED) is 0.840. The van der Waals surface area contributed by atoms with Crippen molar-refractivity contribution in [1.82, 2.24) is 9.80 Å². The van der Waals surface area contributed by atoms with Gasteiger partial charge < -0.3 is 14.7 Å². The summed E-state index contributed by atoms with van der Waals surface area (Å²) < 4.78 is 0. The molecule has 27 heavy (non-hydrogen) atoms. The van der Waals surface area contributed by atoms with E-state index in [-0.39, 0.29) is 5.91 Å². The predicted molar refractivity (Wildman–Crippen MR) is 112 cm³/mol. The third-order valence-corrected chi connectivity index (χ3v) is 5.54. The van der Waals surface area contributed by atoms with Crippen molar-refractivity contribution in [2.45, 2.75) is 6.92 Å². The van der Waals surface area contributed by atoms with Crippen LogP contribution in [0.15, 0.2) is 48.5 Å². The zero-order chi connectivity index (χ0) is 18.8. The van der Waals surface area contributed by atoms with Crippen LogP contribution in [-0.2, 0) is 4.79 Å². The highest BCUT2D eigenvalue weighted by atomic mass is 16.2. The van der Waals surface area contributed by atoms with Crippen molar-refractivity contribution in [3.8, 4) is 0 Å². The first-order chi connectivity index (χ1) is 13.1. The summed E-state index contributed by atoms with van der Waals surface area (Å²) in [5.74, 6) is 0.227. The standard InChI is InChI=1S/C23H27N3O/c1-18-8-9-20-15-21(19-6-4-3-5-7-19)16-26(22(20)14-18)17-23(27)25-12-10-24(2)11-13-25/h3-9,14-15H,10-13,16-17H2,1-2H3. The van der Waals surface area contributed by atoms with Crippen molar-refractivity contribution < 1.29 is 4.79 Å². The monoisotopic (exact) mass is 361 g/mol. The number of anilines is 1. The van der Waals surface area contributed by atoms with E-state index in [9.17, 15) is 4.79 Å². The number of rotatable bonds is 3. The van der Waals surface area contributed by atoms with Crippen molar-refractivity contribution >= 4 is 23.2 Å². The molecule has 0 aromatic heterocycles. The molecule has 1 amide bonds. The Hall–Kier alpha value is -2.59. The molecule has 4 nitrogen and oxygen atoms in total. The lowest BCUT2D eigenvalue weighted by molar-refractivity contribution is -0.131. The maximum absolute atomic E-state index is 13.0. The largest absolute Gasteiger partial charge is 0.357 e. The Morgan fingerprint density at radius 3 is 2.48 bits per heavy atom. The zero-order valence-electron chi connectivity index (χ0n) is 16.2. The highest BCUT2D eigenvalue weighted by Gasteiger charge is 2.25. The van der Waals surface area contributed by atoms with E-state index >= 15 is 0 Å². The highest BCUT2D eigenvalue weighted by molar-refractivity contribution is 5.93. The van der Waals surface area contributed by atoms with Gasteiger partial charge in [-0.1, -0.05) is 42.5 Å². The molecule has 2 aliphatic heterocycles. The van der Waals surface area contributed by atoms with E-state index in [2.05, 4.69) is 72.3 Å². The van der Waals surface area contributed by atoms with Crippen LogP contribution >= 0.6 is 0 Å². The van der Waals surface area contributed by atoms with Gasteiger partial charge in [0.1, 0.15) is 0 Å². The van der Waals surface area contributed by atoms with Crippen molar-refractivity contribution in [3.63, 3.8) is 0 Å². The van der Waals surface area contributed by atoms with Gasteiger partial charge in [-0.25, -0.2) is 0 Å². The lowest BCUT2D eigenvalue weighted by Crippen LogP contribution is -2.50. The SMILES string of the molecule is Cc1ccc2c(c1)N(CC(=O)N1CCN(C)CC1)CC(c1ccccc1)=C2. The number of fused-ring (bicyclic) bond motifs is 1. The van der Waals surface area contributed by atoms with Gasteiger partial charge in [0.2, 0.25) is 5.91 Å². The lowest BCUT2D eigenvalue weighted by atomic mass is 9.96. The molecular weight excluding hydrogens is 334 g/mol. The summed E-state index contributed by atoms with van der Waals surface area (Å²) in [7, 11) is 2.11. The zero-order valence-corrected chi connectivity index (χ0v) is 16.2. The summed E-state index contributed by atoms with van der Waals surface area (Å²) in [6, 6.07) is 17.0. The minimum atomic E-state index is 0.227. The summed E-state index contributed by atoms with van der Waals surface area (Å²) >= 11 is 0. The van der Waals surface area contributed by atoms with Crippen LogP contribution in [0.3, 0.4) is 0 Å². The van der Waals surface area contributed by atoms with E-state index in [0.717, 1.165) is 38.4 Å². The average molecular weight is 361 g/mol. The van der Waals surface area contributed by atoms with Crippen LogP contribution in [0.5, 0.6) is 0 Å². The second-order valence-electron chi connectivity index (χ2n) is 7.64. The molecule has 2 aliphatic rings. The molecule has 4 heteroatoms. The molecule has 0 radical (unpaired) electrons. The maximum atomic E-state index is 13.0. The number of likely N-dealkylation sites (N-methyl/N-ethyl adjacent to an activating group) is 1. The van der Waals surface area contributed by atoms with Gasteiger partial charge in [0.25, 0.3) is 0 Å². The molecule has 2 heterocycles. The van der Waals surface area contributed by atoms with Crippen molar-refractivity contribution in [3.05, 3.63) is 65.2 Å². The van der Waals surface area contributed by atoms with E-state index in [4.69, 9.17) is 0 Å². The molecular formula is C23H27N3O. The number of piperazine rings is 1. The third-order valence-electron chi connectivity index (χ3n) is 5.54. The summed E-state index contributed by atoms with van der Waals surface area (Å²) in [4.78, 5) is 19.5. The van der Waals surface area contributed by atoms with Gasteiger partial charge in [0.15, 0.2) is 0 Å². The van der Waals surface area contributed by atoms with Gasteiger partial charge in [-0.2, -0.15) is 0 Å². The van der Waals surface area contributed by atoms with Gasteiger partial charge in [-0.15, -0.1) is 0 Å². The smallest absolute Gasteiger partial charge is 0.242 e. The first kappa shape index (κ1) is 17.8. The van der Waals surface area contributed by atoms with E-state index in [1.165, 1.54) is 22.3 Å². The molecule has 0 unspecified atom stereocenters. The number of hydrogen-bond acceptors (Lipinski definition) is 3. The van der Waals surface area contributed by atoms with Crippen LogP contribution < -0.4 is 4.90 Å². The predicted octanol–water partition coefficient (Wildman–Crippen LogP) is 3.13. The van der Waals surface area contributed by atoms with Crippen LogP contribution in [-0.4, -0.2) is 62.0 Å².